The highest BCUT2D eigenvalue weighted by atomic mass is 35.5. The molecule has 0 radical (unpaired) electrons. The van der Waals surface area contributed by atoms with E-state index in [-0.39, 0.29) is 18.0 Å². The van der Waals surface area contributed by atoms with Crippen molar-refractivity contribution in [3.05, 3.63) is 75.9 Å². The van der Waals surface area contributed by atoms with Crippen LogP contribution in [0, 0.1) is 0 Å². The van der Waals surface area contributed by atoms with Gasteiger partial charge >= 0.3 is 0 Å². The van der Waals surface area contributed by atoms with E-state index in [1.165, 1.54) is 10.7 Å². The Morgan fingerprint density at radius 3 is 2.43 bits per heavy atom. The average molecular weight is 425 g/mol. The van der Waals surface area contributed by atoms with Crippen molar-refractivity contribution in [3.8, 4) is 34.1 Å². The Morgan fingerprint density at radius 2 is 1.70 bits per heavy atom. The standard InChI is InChI=1S/C21H17ClN4O4/c1-28-17-9-5-14(11-18(17)29-2)16-8-10-20(27)26(24-16)12-19-23-21(25-30-19)13-3-6-15(22)7-4-13/h3-11H,12H2,1-2H3. The molecule has 2 aromatic heterocycles. The van der Waals surface area contributed by atoms with Crippen molar-refractivity contribution in [2.45, 2.75) is 6.54 Å². The minimum Gasteiger partial charge on any atom is -0.493 e. The number of halogens is 1. The molecule has 0 aliphatic carbocycles. The fourth-order valence-electron chi connectivity index (χ4n) is 2.88. The monoisotopic (exact) mass is 424 g/mol. The van der Waals surface area contributed by atoms with Gasteiger partial charge in [0.1, 0.15) is 6.54 Å². The third-order valence-electron chi connectivity index (χ3n) is 4.40. The molecule has 0 unspecified atom stereocenters. The third kappa shape index (κ3) is 4.04. The second-order valence-electron chi connectivity index (χ2n) is 6.30. The lowest BCUT2D eigenvalue weighted by Crippen LogP contribution is -2.23. The molecule has 0 N–H and O–H groups in total. The molecule has 2 aromatic carbocycles. The highest BCUT2D eigenvalue weighted by Crippen LogP contribution is 2.31. The quantitative estimate of drug-likeness (QED) is 0.466. The number of rotatable bonds is 6. The van der Waals surface area contributed by atoms with Crippen LogP contribution >= 0.6 is 11.6 Å². The molecule has 152 valence electrons. The molecule has 0 bridgehead atoms. The van der Waals surface area contributed by atoms with Gasteiger partial charge in [-0.3, -0.25) is 4.79 Å². The van der Waals surface area contributed by atoms with Crippen molar-refractivity contribution >= 4 is 11.6 Å². The molecule has 0 saturated carbocycles. The topological polar surface area (TPSA) is 92.3 Å². The maximum atomic E-state index is 12.3. The fraction of sp³-hybridized carbons (Fsp3) is 0.143. The van der Waals surface area contributed by atoms with Gasteiger partial charge in [-0.2, -0.15) is 10.1 Å². The number of benzene rings is 2. The zero-order valence-corrected chi connectivity index (χ0v) is 17.0. The molecule has 9 heteroatoms. The van der Waals surface area contributed by atoms with E-state index in [9.17, 15) is 4.79 Å². The smallest absolute Gasteiger partial charge is 0.267 e. The number of aromatic nitrogens is 4. The molecule has 0 amide bonds. The summed E-state index contributed by atoms with van der Waals surface area (Å²) in [6.07, 6.45) is 0. The van der Waals surface area contributed by atoms with Gasteiger partial charge in [0.15, 0.2) is 11.5 Å². The first-order valence-corrected chi connectivity index (χ1v) is 9.34. The number of hydrogen-bond donors (Lipinski definition) is 0. The number of hydrogen-bond acceptors (Lipinski definition) is 7. The maximum absolute atomic E-state index is 12.3. The van der Waals surface area contributed by atoms with E-state index in [0.717, 1.165) is 11.1 Å². The van der Waals surface area contributed by atoms with Gasteiger partial charge < -0.3 is 14.0 Å². The largest absolute Gasteiger partial charge is 0.493 e. The van der Waals surface area contributed by atoms with Gasteiger partial charge in [0.2, 0.25) is 11.7 Å². The van der Waals surface area contributed by atoms with Crippen molar-refractivity contribution in [1.29, 1.82) is 0 Å². The molecule has 4 rings (SSSR count). The lowest BCUT2D eigenvalue weighted by Gasteiger charge is -2.10. The lowest BCUT2D eigenvalue weighted by molar-refractivity contribution is 0.355. The summed E-state index contributed by atoms with van der Waals surface area (Å²) in [7, 11) is 3.13. The van der Waals surface area contributed by atoms with Crippen molar-refractivity contribution in [2.75, 3.05) is 14.2 Å². The Labute approximate surface area is 176 Å². The molecular weight excluding hydrogens is 408 g/mol. The second-order valence-corrected chi connectivity index (χ2v) is 6.74. The Morgan fingerprint density at radius 1 is 0.967 bits per heavy atom. The summed E-state index contributed by atoms with van der Waals surface area (Å²) in [4.78, 5) is 16.6. The summed E-state index contributed by atoms with van der Waals surface area (Å²) in [5.41, 5.74) is 1.83. The number of ether oxygens (including phenoxy) is 2. The number of methoxy groups -OCH3 is 2. The first kappa shape index (κ1) is 19.7. The molecule has 0 aliphatic heterocycles. The van der Waals surface area contributed by atoms with Crippen LogP contribution < -0.4 is 15.0 Å². The summed E-state index contributed by atoms with van der Waals surface area (Å²) in [5, 5.41) is 9.00. The van der Waals surface area contributed by atoms with E-state index < -0.39 is 0 Å². The van der Waals surface area contributed by atoms with Gasteiger partial charge in [-0.05, 0) is 48.5 Å². The molecule has 8 nitrogen and oxygen atoms in total. The predicted molar refractivity (Wildman–Crippen MR) is 111 cm³/mol. The molecule has 0 saturated heterocycles. The van der Waals surface area contributed by atoms with Crippen LogP contribution in [0.4, 0.5) is 0 Å². The molecule has 4 aromatic rings. The number of nitrogens with zero attached hydrogens (tertiary/aromatic N) is 4. The van der Waals surface area contributed by atoms with Crippen LogP contribution in [-0.4, -0.2) is 34.1 Å². The van der Waals surface area contributed by atoms with Crippen LogP contribution in [0.25, 0.3) is 22.6 Å². The zero-order chi connectivity index (χ0) is 21.1. The molecule has 0 atom stereocenters. The SMILES string of the molecule is COc1ccc(-c2ccc(=O)n(Cc3nc(-c4ccc(Cl)cc4)no3)n2)cc1OC. The fourth-order valence-corrected chi connectivity index (χ4v) is 3.00. The Bertz CT molecular complexity index is 1230. The molecule has 0 aliphatic rings. The van der Waals surface area contributed by atoms with Crippen LogP contribution in [-0.2, 0) is 6.54 Å². The third-order valence-corrected chi connectivity index (χ3v) is 4.65. The van der Waals surface area contributed by atoms with Crippen molar-refractivity contribution in [3.63, 3.8) is 0 Å². The summed E-state index contributed by atoms with van der Waals surface area (Å²) in [6, 6.07) is 15.6. The highest BCUT2D eigenvalue weighted by molar-refractivity contribution is 6.30. The van der Waals surface area contributed by atoms with Gasteiger partial charge in [0.25, 0.3) is 5.56 Å². The second kappa shape index (κ2) is 8.38. The van der Waals surface area contributed by atoms with Crippen molar-refractivity contribution < 1.29 is 14.0 Å². The minimum atomic E-state index is -0.287. The first-order valence-electron chi connectivity index (χ1n) is 8.96. The highest BCUT2D eigenvalue weighted by Gasteiger charge is 2.13. The van der Waals surface area contributed by atoms with Gasteiger partial charge in [-0.15, -0.1) is 0 Å². The van der Waals surface area contributed by atoms with Crippen LogP contribution in [0.5, 0.6) is 11.5 Å². The predicted octanol–water partition coefficient (Wildman–Crippen LogP) is 3.68. The summed E-state index contributed by atoms with van der Waals surface area (Å²) < 4.78 is 17.2. The summed E-state index contributed by atoms with van der Waals surface area (Å²) in [5.74, 6) is 1.85. The minimum absolute atomic E-state index is 0.0422. The van der Waals surface area contributed by atoms with Gasteiger partial charge in [-0.1, -0.05) is 16.8 Å². The first-order chi connectivity index (χ1) is 14.6. The van der Waals surface area contributed by atoms with Crippen LogP contribution in [0.3, 0.4) is 0 Å². The van der Waals surface area contributed by atoms with E-state index in [2.05, 4.69) is 15.2 Å². The molecular formula is C21H17ClN4O4. The van der Waals surface area contributed by atoms with Gasteiger partial charge in [0.05, 0.1) is 19.9 Å². The van der Waals surface area contributed by atoms with E-state index in [1.54, 1.807) is 56.7 Å². The lowest BCUT2D eigenvalue weighted by atomic mass is 10.1. The Kier molecular flexibility index (Phi) is 5.49. The van der Waals surface area contributed by atoms with E-state index in [1.807, 2.05) is 6.07 Å². The van der Waals surface area contributed by atoms with Gasteiger partial charge in [-0.25, -0.2) is 4.68 Å². The van der Waals surface area contributed by atoms with E-state index >= 15 is 0 Å². The van der Waals surface area contributed by atoms with Crippen LogP contribution in [0.2, 0.25) is 5.02 Å². The maximum Gasteiger partial charge on any atom is 0.267 e. The van der Waals surface area contributed by atoms with Crippen LogP contribution in [0.1, 0.15) is 5.89 Å². The molecule has 0 fully saturated rings. The molecule has 30 heavy (non-hydrogen) atoms. The molecule has 2 heterocycles. The van der Waals surface area contributed by atoms with Crippen LogP contribution in [0.15, 0.2) is 63.9 Å². The van der Waals surface area contributed by atoms with E-state index in [0.29, 0.717) is 28.0 Å². The van der Waals surface area contributed by atoms with Crippen molar-refractivity contribution in [1.82, 2.24) is 19.9 Å². The molecule has 0 spiro atoms. The van der Waals surface area contributed by atoms with Crippen molar-refractivity contribution in [2.24, 2.45) is 0 Å². The zero-order valence-electron chi connectivity index (χ0n) is 16.2. The Balaban J connectivity index is 1.62. The van der Waals surface area contributed by atoms with Gasteiger partial charge in [0, 0.05) is 22.2 Å². The van der Waals surface area contributed by atoms with E-state index in [4.69, 9.17) is 25.6 Å². The normalized spacial score (nSPS) is 10.8. The summed E-state index contributed by atoms with van der Waals surface area (Å²) >= 11 is 5.90. The Hall–Kier alpha value is -3.65. The average Bonchev–Trinajstić information content (AvgIpc) is 3.23. The summed E-state index contributed by atoms with van der Waals surface area (Å²) in [6.45, 7) is 0.0422.